The van der Waals surface area contributed by atoms with E-state index in [9.17, 15) is 27.6 Å². The summed E-state index contributed by atoms with van der Waals surface area (Å²) in [6, 6.07) is 18.0. The normalized spacial score (nSPS) is 11.5. The van der Waals surface area contributed by atoms with Gasteiger partial charge in [0.15, 0.2) is 0 Å². The topological polar surface area (TPSA) is 97.5 Å². The second-order valence-corrected chi connectivity index (χ2v) is 9.16. The van der Waals surface area contributed by atoms with Gasteiger partial charge in [-0.05, 0) is 55.0 Å². The molecule has 0 aliphatic rings. The molecule has 8 nitrogen and oxygen atoms in total. The third-order valence-electron chi connectivity index (χ3n) is 6.57. The van der Waals surface area contributed by atoms with Gasteiger partial charge in [0.25, 0.3) is 5.56 Å². The summed E-state index contributed by atoms with van der Waals surface area (Å²) in [6.07, 6.45) is -2.97. The number of imidazole rings is 1. The van der Waals surface area contributed by atoms with Crippen molar-refractivity contribution in [2.24, 2.45) is 0 Å². The van der Waals surface area contributed by atoms with E-state index in [0.717, 1.165) is 18.2 Å². The summed E-state index contributed by atoms with van der Waals surface area (Å²) in [5, 5.41) is 5.34. The van der Waals surface area contributed by atoms with Gasteiger partial charge in [-0.2, -0.15) is 13.2 Å². The number of hydrogen-bond acceptors (Lipinski definition) is 4. The highest BCUT2D eigenvalue weighted by atomic mass is 19.4. The number of hydrogen-bond donors (Lipinski definition) is 2. The lowest BCUT2D eigenvalue weighted by molar-refractivity contribution is -0.137. The Balaban J connectivity index is 1.61. The molecule has 2 heterocycles. The summed E-state index contributed by atoms with van der Waals surface area (Å²) in [5.74, 6) is -0.714. The Morgan fingerprint density at radius 2 is 1.61 bits per heavy atom. The summed E-state index contributed by atoms with van der Waals surface area (Å²) in [4.78, 5) is 44.0. The molecule has 0 bridgehead atoms. The maximum atomic E-state index is 14.1. The van der Waals surface area contributed by atoms with Crippen LogP contribution in [0.2, 0.25) is 0 Å². The van der Waals surface area contributed by atoms with Gasteiger partial charge in [-0.25, -0.2) is 9.38 Å². The van der Waals surface area contributed by atoms with Crippen molar-refractivity contribution < 1.29 is 22.8 Å². The van der Waals surface area contributed by atoms with Crippen molar-refractivity contribution in [2.75, 3.05) is 10.6 Å². The average molecular weight is 560 g/mol. The first-order valence-electron chi connectivity index (χ1n) is 12.6. The molecule has 0 fully saturated rings. The molecule has 0 atom stereocenters. The number of carbonyl (C=O) groups excluding carboxylic acids is 2. The molecule has 5 rings (SSSR count). The number of fused-ring (bicyclic) bond motifs is 3. The van der Waals surface area contributed by atoms with E-state index in [4.69, 9.17) is 4.98 Å². The standard InChI is InChI=1S/C30H24F3N5O3/c1-3-21-27(20-9-5-6-10-22(20)35-25(39)4-2)28(41)38-24-12-8-7-11-23(24)37(29(38)36-21)17-26(40)34-19-15-13-18(14-16-19)30(31,32)33/h4-16H,2-3,17H2,1H3,(H,34,40)(H,35,39). The second-order valence-electron chi connectivity index (χ2n) is 9.16. The maximum absolute atomic E-state index is 14.1. The van der Waals surface area contributed by atoms with E-state index in [1.165, 1.54) is 16.5 Å². The van der Waals surface area contributed by atoms with Crippen LogP contribution in [-0.2, 0) is 28.7 Å². The molecule has 0 unspecified atom stereocenters. The van der Waals surface area contributed by atoms with Gasteiger partial charge in [0.2, 0.25) is 17.6 Å². The van der Waals surface area contributed by atoms with E-state index in [0.29, 0.717) is 40.0 Å². The summed E-state index contributed by atoms with van der Waals surface area (Å²) < 4.78 is 41.7. The third kappa shape index (κ3) is 5.21. The van der Waals surface area contributed by atoms with E-state index < -0.39 is 23.6 Å². The third-order valence-corrected chi connectivity index (χ3v) is 6.57. The first-order chi connectivity index (χ1) is 19.6. The molecule has 2 N–H and O–H groups in total. The number of halogens is 3. The number of aromatic nitrogens is 3. The molecule has 5 aromatic rings. The molecule has 0 radical (unpaired) electrons. The molecular formula is C30H24F3N5O3. The lowest BCUT2D eigenvalue weighted by Gasteiger charge is -2.14. The molecule has 0 aliphatic heterocycles. The number of aryl methyl sites for hydroxylation is 1. The lowest BCUT2D eigenvalue weighted by Crippen LogP contribution is -2.23. The van der Waals surface area contributed by atoms with Crippen molar-refractivity contribution in [2.45, 2.75) is 26.1 Å². The molecular weight excluding hydrogens is 535 g/mol. The first-order valence-corrected chi connectivity index (χ1v) is 12.6. The van der Waals surface area contributed by atoms with Crippen LogP contribution in [0.25, 0.3) is 27.9 Å². The second kappa shape index (κ2) is 10.8. The minimum Gasteiger partial charge on any atom is -0.325 e. The predicted molar refractivity (Wildman–Crippen MR) is 151 cm³/mol. The Morgan fingerprint density at radius 1 is 0.951 bits per heavy atom. The Hall–Kier alpha value is -5.19. The summed E-state index contributed by atoms with van der Waals surface area (Å²) in [6.45, 7) is 5.07. The molecule has 0 spiro atoms. The smallest absolute Gasteiger partial charge is 0.325 e. The number of amides is 2. The zero-order valence-corrected chi connectivity index (χ0v) is 21.8. The fourth-order valence-electron chi connectivity index (χ4n) is 4.70. The molecule has 2 aromatic heterocycles. The number of nitrogens with zero attached hydrogens (tertiary/aromatic N) is 3. The van der Waals surface area contributed by atoms with E-state index in [-0.39, 0.29) is 23.6 Å². The van der Waals surface area contributed by atoms with Gasteiger partial charge in [0.1, 0.15) is 6.54 Å². The Bertz CT molecular complexity index is 1870. The Morgan fingerprint density at radius 3 is 2.27 bits per heavy atom. The van der Waals surface area contributed by atoms with Crippen LogP contribution >= 0.6 is 0 Å². The van der Waals surface area contributed by atoms with Crippen molar-refractivity contribution in [1.82, 2.24) is 14.0 Å². The SMILES string of the molecule is C=CC(=O)Nc1ccccc1-c1c(CC)nc2n(CC(=O)Nc3ccc(C(F)(F)F)cc3)c3ccccc3n2c1=O. The minimum absolute atomic E-state index is 0.198. The van der Waals surface area contributed by atoms with Crippen molar-refractivity contribution >= 4 is 40.0 Å². The molecule has 208 valence electrons. The van der Waals surface area contributed by atoms with Crippen molar-refractivity contribution in [3.05, 3.63) is 107 Å². The van der Waals surface area contributed by atoms with Crippen LogP contribution < -0.4 is 16.2 Å². The Labute approximate surface area is 231 Å². The van der Waals surface area contributed by atoms with Crippen LogP contribution in [0, 0.1) is 0 Å². The van der Waals surface area contributed by atoms with E-state index in [1.54, 1.807) is 53.1 Å². The number of carbonyl (C=O) groups is 2. The molecule has 41 heavy (non-hydrogen) atoms. The molecule has 3 aromatic carbocycles. The van der Waals surface area contributed by atoms with Gasteiger partial charge in [-0.3, -0.25) is 14.4 Å². The van der Waals surface area contributed by atoms with Gasteiger partial charge in [-0.1, -0.05) is 43.8 Å². The largest absolute Gasteiger partial charge is 0.416 e. The van der Waals surface area contributed by atoms with E-state index in [1.807, 2.05) is 6.92 Å². The molecule has 0 aliphatic carbocycles. The summed E-state index contributed by atoms with van der Waals surface area (Å²) >= 11 is 0. The number of nitrogens with one attached hydrogen (secondary N) is 2. The highest BCUT2D eigenvalue weighted by Gasteiger charge is 2.30. The van der Waals surface area contributed by atoms with Gasteiger partial charge < -0.3 is 15.2 Å². The molecule has 11 heteroatoms. The van der Waals surface area contributed by atoms with Gasteiger partial charge in [0.05, 0.1) is 27.9 Å². The Kier molecular flexibility index (Phi) is 7.19. The van der Waals surface area contributed by atoms with Crippen LogP contribution in [0.4, 0.5) is 24.5 Å². The fraction of sp³-hybridized carbons (Fsp3) is 0.133. The molecule has 2 amide bonds. The zero-order chi connectivity index (χ0) is 29.3. The summed E-state index contributed by atoms with van der Waals surface area (Å²) in [5.41, 5.74) is 1.74. The van der Waals surface area contributed by atoms with Gasteiger partial charge >= 0.3 is 6.18 Å². The monoisotopic (exact) mass is 559 g/mol. The van der Waals surface area contributed by atoms with Crippen LogP contribution in [0.5, 0.6) is 0 Å². The van der Waals surface area contributed by atoms with Crippen LogP contribution in [0.15, 0.2) is 90.2 Å². The van der Waals surface area contributed by atoms with Crippen molar-refractivity contribution in [3.8, 4) is 11.1 Å². The minimum atomic E-state index is -4.49. The predicted octanol–water partition coefficient (Wildman–Crippen LogP) is 5.66. The zero-order valence-electron chi connectivity index (χ0n) is 21.8. The number of rotatable bonds is 7. The first kappa shape index (κ1) is 27.4. The van der Waals surface area contributed by atoms with Crippen LogP contribution in [-0.4, -0.2) is 25.8 Å². The number of alkyl halides is 3. The van der Waals surface area contributed by atoms with Crippen LogP contribution in [0.3, 0.4) is 0 Å². The average Bonchev–Trinajstić information content (AvgIpc) is 3.26. The number of para-hydroxylation sites is 3. The lowest BCUT2D eigenvalue weighted by atomic mass is 10.0. The molecule has 0 saturated carbocycles. The molecule has 0 saturated heterocycles. The van der Waals surface area contributed by atoms with E-state index in [2.05, 4.69) is 17.2 Å². The fourth-order valence-corrected chi connectivity index (χ4v) is 4.70. The van der Waals surface area contributed by atoms with Crippen molar-refractivity contribution in [3.63, 3.8) is 0 Å². The maximum Gasteiger partial charge on any atom is 0.416 e. The number of anilines is 2. The van der Waals surface area contributed by atoms with Gasteiger partial charge in [0, 0.05) is 16.9 Å². The quantitative estimate of drug-likeness (QED) is 0.252. The summed E-state index contributed by atoms with van der Waals surface area (Å²) in [7, 11) is 0. The highest BCUT2D eigenvalue weighted by Crippen LogP contribution is 2.31. The van der Waals surface area contributed by atoms with E-state index >= 15 is 0 Å². The number of benzene rings is 3. The van der Waals surface area contributed by atoms with Crippen LogP contribution in [0.1, 0.15) is 18.2 Å². The highest BCUT2D eigenvalue weighted by molar-refractivity contribution is 6.02. The van der Waals surface area contributed by atoms with Crippen molar-refractivity contribution in [1.29, 1.82) is 0 Å². The van der Waals surface area contributed by atoms with Gasteiger partial charge in [-0.15, -0.1) is 0 Å².